The molecule has 0 aliphatic heterocycles. The molecule has 2 rings (SSSR count). The number of carbonyl (C=O) groups is 1. The summed E-state index contributed by atoms with van der Waals surface area (Å²) in [7, 11) is 0. The fourth-order valence-corrected chi connectivity index (χ4v) is 1.93. The average Bonchev–Trinajstić information content (AvgIpc) is 2.46. The van der Waals surface area contributed by atoms with Gasteiger partial charge in [0.15, 0.2) is 0 Å². The van der Waals surface area contributed by atoms with Gasteiger partial charge in [0.1, 0.15) is 11.5 Å². The van der Waals surface area contributed by atoms with Gasteiger partial charge in [-0.1, -0.05) is 17.7 Å². The number of carbonyl (C=O) groups excluding carboxylic acids is 1. The van der Waals surface area contributed by atoms with Gasteiger partial charge in [-0.25, -0.2) is 15.0 Å². The Labute approximate surface area is 133 Å². The Hall–Kier alpha value is -2.28. The highest BCUT2D eigenvalue weighted by molar-refractivity contribution is 6.29. The van der Waals surface area contributed by atoms with Crippen LogP contribution in [0.15, 0.2) is 24.7 Å². The number of rotatable bonds is 6. The SMILES string of the molecule is CC(=O)Nc1ncnc(NC(C)CCc2ccc(Cl)nc2)n1. The van der Waals surface area contributed by atoms with Crippen molar-refractivity contribution in [1.82, 2.24) is 19.9 Å². The summed E-state index contributed by atoms with van der Waals surface area (Å²) in [5.41, 5.74) is 1.12. The van der Waals surface area contributed by atoms with Gasteiger partial charge in [-0.05, 0) is 31.4 Å². The molecule has 2 aromatic heterocycles. The molecule has 0 fully saturated rings. The maximum Gasteiger partial charge on any atom is 0.234 e. The van der Waals surface area contributed by atoms with Crippen LogP contribution in [0.2, 0.25) is 5.15 Å². The molecule has 0 radical (unpaired) electrons. The van der Waals surface area contributed by atoms with Crippen LogP contribution in [0.25, 0.3) is 0 Å². The van der Waals surface area contributed by atoms with Crippen molar-refractivity contribution in [3.63, 3.8) is 0 Å². The maximum absolute atomic E-state index is 11.0. The van der Waals surface area contributed by atoms with E-state index < -0.39 is 0 Å². The third kappa shape index (κ3) is 5.25. The van der Waals surface area contributed by atoms with Crippen LogP contribution in [0.3, 0.4) is 0 Å². The quantitative estimate of drug-likeness (QED) is 0.793. The zero-order valence-electron chi connectivity index (χ0n) is 12.4. The van der Waals surface area contributed by atoms with Crippen LogP contribution >= 0.6 is 11.6 Å². The molecule has 0 bridgehead atoms. The van der Waals surface area contributed by atoms with Crippen molar-refractivity contribution in [2.24, 2.45) is 0 Å². The second-order valence-corrected chi connectivity index (χ2v) is 5.27. The monoisotopic (exact) mass is 320 g/mol. The number of halogens is 1. The molecule has 0 aliphatic carbocycles. The minimum atomic E-state index is -0.222. The van der Waals surface area contributed by atoms with Crippen molar-refractivity contribution in [2.45, 2.75) is 32.7 Å². The molecule has 22 heavy (non-hydrogen) atoms. The van der Waals surface area contributed by atoms with Crippen LogP contribution in [0.5, 0.6) is 0 Å². The van der Waals surface area contributed by atoms with Gasteiger partial charge in [-0.15, -0.1) is 0 Å². The Morgan fingerprint density at radius 3 is 2.73 bits per heavy atom. The first kappa shape index (κ1) is 16.1. The fraction of sp³-hybridized carbons (Fsp3) is 0.357. The van der Waals surface area contributed by atoms with Crippen LogP contribution in [0, 0.1) is 0 Å². The second-order valence-electron chi connectivity index (χ2n) is 4.89. The first-order valence-corrected chi connectivity index (χ1v) is 7.24. The molecule has 1 atom stereocenters. The van der Waals surface area contributed by atoms with Crippen molar-refractivity contribution >= 4 is 29.4 Å². The normalized spacial score (nSPS) is 11.8. The number of anilines is 2. The number of hydrogen-bond acceptors (Lipinski definition) is 6. The van der Waals surface area contributed by atoms with E-state index in [0.717, 1.165) is 18.4 Å². The zero-order chi connectivity index (χ0) is 15.9. The Balaban J connectivity index is 1.87. The van der Waals surface area contributed by atoms with E-state index in [2.05, 4.69) is 30.6 Å². The summed E-state index contributed by atoms with van der Waals surface area (Å²) in [6.45, 7) is 3.44. The molecule has 0 saturated carbocycles. The fourth-order valence-electron chi connectivity index (χ4n) is 1.81. The predicted molar refractivity (Wildman–Crippen MR) is 84.8 cm³/mol. The average molecular weight is 321 g/mol. The lowest BCUT2D eigenvalue weighted by molar-refractivity contribution is -0.114. The van der Waals surface area contributed by atoms with E-state index in [1.807, 2.05) is 13.0 Å². The Kier molecular flexibility index (Phi) is 5.60. The number of nitrogens with zero attached hydrogens (tertiary/aromatic N) is 4. The van der Waals surface area contributed by atoms with Gasteiger partial charge in [0.2, 0.25) is 17.8 Å². The lowest BCUT2D eigenvalue weighted by atomic mass is 10.1. The molecule has 1 unspecified atom stereocenters. The van der Waals surface area contributed by atoms with E-state index in [4.69, 9.17) is 11.6 Å². The number of nitrogens with one attached hydrogen (secondary N) is 2. The molecular formula is C14H17ClN6O. The van der Waals surface area contributed by atoms with E-state index in [1.165, 1.54) is 13.3 Å². The highest BCUT2D eigenvalue weighted by Crippen LogP contribution is 2.10. The van der Waals surface area contributed by atoms with E-state index >= 15 is 0 Å². The number of aromatic nitrogens is 4. The number of pyridine rings is 1. The first-order valence-electron chi connectivity index (χ1n) is 6.86. The molecule has 1 amide bonds. The van der Waals surface area contributed by atoms with Gasteiger partial charge < -0.3 is 5.32 Å². The highest BCUT2D eigenvalue weighted by atomic mass is 35.5. The molecule has 0 spiro atoms. The number of hydrogen-bond donors (Lipinski definition) is 2. The van der Waals surface area contributed by atoms with Gasteiger partial charge in [0.05, 0.1) is 0 Å². The van der Waals surface area contributed by atoms with Gasteiger partial charge in [-0.2, -0.15) is 4.98 Å². The molecule has 0 aliphatic rings. The minimum absolute atomic E-state index is 0.156. The van der Waals surface area contributed by atoms with Crippen LogP contribution < -0.4 is 10.6 Å². The Morgan fingerprint density at radius 1 is 1.27 bits per heavy atom. The first-order chi connectivity index (χ1) is 10.5. The van der Waals surface area contributed by atoms with Crippen LogP contribution in [-0.4, -0.2) is 31.9 Å². The molecule has 2 aromatic rings. The van der Waals surface area contributed by atoms with Gasteiger partial charge in [0.25, 0.3) is 0 Å². The lowest BCUT2D eigenvalue weighted by Gasteiger charge is -2.13. The van der Waals surface area contributed by atoms with E-state index in [1.54, 1.807) is 12.3 Å². The maximum atomic E-state index is 11.0. The van der Waals surface area contributed by atoms with Crippen molar-refractivity contribution in [1.29, 1.82) is 0 Å². The summed E-state index contributed by atoms with van der Waals surface area (Å²) in [6, 6.07) is 3.89. The predicted octanol–water partition coefficient (Wildman–Crippen LogP) is 2.31. The summed E-state index contributed by atoms with van der Waals surface area (Å²) in [4.78, 5) is 27.1. The van der Waals surface area contributed by atoms with Crippen molar-refractivity contribution in [3.05, 3.63) is 35.4 Å². The van der Waals surface area contributed by atoms with Crippen molar-refractivity contribution < 1.29 is 4.79 Å². The summed E-state index contributed by atoms with van der Waals surface area (Å²) in [5.74, 6) is 0.444. The standard InChI is InChI=1S/C14H17ClN6O/c1-9(3-4-11-5-6-12(15)16-7-11)19-13-17-8-18-14(21-13)20-10(2)22/h5-9H,3-4H2,1-2H3,(H2,17,18,19,20,21,22). The topological polar surface area (TPSA) is 92.7 Å². The van der Waals surface area contributed by atoms with Gasteiger partial charge >= 0.3 is 0 Å². The van der Waals surface area contributed by atoms with Crippen LogP contribution in [0.1, 0.15) is 25.8 Å². The third-order valence-electron chi connectivity index (χ3n) is 2.89. The summed E-state index contributed by atoms with van der Waals surface area (Å²) < 4.78 is 0. The lowest BCUT2D eigenvalue weighted by Crippen LogP contribution is -2.19. The van der Waals surface area contributed by atoms with Crippen molar-refractivity contribution in [2.75, 3.05) is 10.6 Å². The number of aryl methyl sites for hydroxylation is 1. The van der Waals surface area contributed by atoms with Gasteiger partial charge in [-0.3, -0.25) is 10.1 Å². The highest BCUT2D eigenvalue weighted by Gasteiger charge is 2.07. The minimum Gasteiger partial charge on any atom is -0.352 e. The molecule has 0 saturated heterocycles. The molecule has 8 heteroatoms. The molecule has 2 heterocycles. The van der Waals surface area contributed by atoms with Crippen LogP contribution in [0.4, 0.5) is 11.9 Å². The summed E-state index contributed by atoms with van der Waals surface area (Å²) in [5, 5.41) is 6.19. The molecule has 0 aromatic carbocycles. The molecule has 7 nitrogen and oxygen atoms in total. The van der Waals surface area contributed by atoms with Gasteiger partial charge in [0, 0.05) is 19.2 Å². The van der Waals surface area contributed by atoms with Crippen molar-refractivity contribution in [3.8, 4) is 0 Å². The van der Waals surface area contributed by atoms with Crippen LogP contribution in [-0.2, 0) is 11.2 Å². The Bertz CT molecular complexity index is 633. The molecular weight excluding hydrogens is 304 g/mol. The van der Waals surface area contributed by atoms with E-state index in [0.29, 0.717) is 11.1 Å². The van der Waals surface area contributed by atoms with E-state index in [-0.39, 0.29) is 17.9 Å². The molecule has 2 N–H and O–H groups in total. The second kappa shape index (κ2) is 7.65. The number of amides is 1. The van der Waals surface area contributed by atoms with E-state index in [9.17, 15) is 4.79 Å². The summed E-state index contributed by atoms with van der Waals surface area (Å²) in [6.07, 6.45) is 4.87. The largest absolute Gasteiger partial charge is 0.352 e. The zero-order valence-corrected chi connectivity index (χ0v) is 13.1. The smallest absolute Gasteiger partial charge is 0.234 e. The Morgan fingerprint density at radius 2 is 2.05 bits per heavy atom. The summed E-state index contributed by atoms with van der Waals surface area (Å²) >= 11 is 5.76. The molecule has 116 valence electrons. The third-order valence-corrected chi connectivity index (χ3v) is 3.11.